The number of carbonyl (C=O) groups is 4. The van der Waals surface area contributed by atoms with Crippen LogP contribution in [0.1, 0.15) is 12.2 Å². The molecule has 2 saturated heterocycles. The lowest BCUT2D eigenvalue weighted by atomic mass is 9.82. The minimum atomic E-state index is -1.35. The molecule has 3 unspecified atom stereocenters. The first-order chi connectivity index (χ1) is 20.9. The molecule has 0 aliphatic carbocycles. The minimum absolute atomic E-state index is 0.0922. The second-order valence-corrected chi connectivity index (χ2v) is 11.6. The molecule has 0 saturated carbocycles. The first-order valence-corrected chi connectivity index (χ1v) is 14.7. The molecule has 17 nitrogen and oxygen atoms in total. The molecule has 0 bridgehead atoms. The summed E-state index contributed by atoms with van der Waals surface area (Å²) >= 11 is 2.40. The van der Waals surface area contributed by atoms with Crippen LogP contribution >= 0.6 is 23.5 Å². The summed E-state index contributed by atoms with van der Waals surface area (Å²) in [4.78, 5) is 65.4. The summed E-state index contributed by atoms with van der Waals surface area (Å²) in [6.07, 6.45) is 2.08. The van der Waals surface area contributed by atoms with E-state index in [0.29, 0.717) is 23.7 Å². The van der Waals surface area contributed by atoms with Gasteiger partial charge in [0.05, 0.1) is 0 Å². The van der Waals surface area contributed by atoms with E-state index in [4.69, 9.17) is 10.6 Å². The van der Waals surface area contributed by atoms with Gasteiger partial charge < -0.3 is 31.2 Å². The molecule has 2 fully saturated rings. The molecule has 0 spiro atoms. The Morgan fingerprint density at radius 3 is 2.86 bits per heavy atom. The summed E-state index contributed by atoms with van der Waals surface area (Å²) in [6, 6.07) is 8.91. The lowest BCUT2D eigenvalue weighted by Crippen LogP contribution is -2.75. The van der Waals surface area contributed by atoms with Gasteiger partial charge in [-0.2, -0.15) is 0 Å². The van der Waals surface area contributed by atoms with Crippen LogP contribution in [0.15, 0.2) is 52.9 Å². The predicted molar refractivity (Wildman–Crippen MR) is 153 cm³/mol. The molecule has 19 heteroatoms. The molecule has 1 aromatic carbocycles. The number of aromatic nitrogens is 6. The highest BCUT2D eigenvalue weighted by molar-refractivity contribution is 8.01. The highest BCUT2D eigenvalue weighted by atomic mass is 32.2. The number of hydrogen-bond donors (Lipinski definition) is 5. The summed E-state index contributed by atoms with van der Waals surface area (Å²) in [7, 11) is 0. The number of aromatic amines is 1. The van der Waals surface area contributed by atoms with Gasteiger partial charge in [-0.1, -0.05) is 35.1 Å². The van der Waals surface area contributed by atoms with Gasteiger partial charge in [-0.3, -0.25) is 19.2 Å². The summed E-state index contributed by atoms with van der Waals surface area (Å²) in [6.45, 7) is 0.124. The monoisotopic (exact) mass is 627 g/mol. The van der Waals surface area contributed by atoms with Crippen LogP contribution in [-0.4, -0.2) is 106 Å². The Bertz CT molecular complexity index is 1510. The molecular formula is C24H25N11O6S2. The van der Waals surface area contributed by atoms with Crippen LogP contribution in [0, 0.1) is 5.41 Å². The van der Waals surface area contributed by atoms with Gasteiger partial charge in [-0.05, 0) is 41.6 Å². The minimum Gasteiger partial charge on any atom is -0.481 e. The van der Waals surface area contributed by atoms with Gasteiger partial charge in [0.1, 0.15) is 22.6 Å². The quantitative estimate of drug-likeness (QED) is 0.0518. The van der Waals surface area contributed by atoms with Crippen LogP contribution in [0.2, 0.25) is 0 Å². The van der Waals surface area contributed by atoms with Crippen LogP contribution in [0.3, 0.4) is 0 Å². The van der Waals surface area contributed by atoms with E-state index in [0.717, 1.165) is 11.8 Å². The van der Waals surface area contributed by atoms with Crippen molar-refractivity contribution in [2.45, 2.75) is 28.2 Å². The number of para-hydroxylation sites is 1. The highest BCUT2D eigenvalue weighted by Crippen LogP contribution is 2.48. The number of H-pyrrole nitrogens is 1. The average molecular weight is 628 g/mol. The van der Waals surface area contributed by atoms with Gasteiger partial charge in [-0.15, -0.1) is 16.9 Å². The Kier molecular flexibility index (Phi) is 9.12. The summed E-state index contributed by atoms with van der Waals surface area (Å²) < 4.78 is 0. The third kappa shape index (κ3) is 6.27. The van der Waals surface area contributed by atoms with Crippen molar-refractivity contribution >= 4 is 59.2 Å². The lowest BCUT2D eigenvalue weighted by molar-refractivity contribution is -0.158. The van der Waals surface area contributed by atoms with Crippen molar-refractivity contribution in [1.82, 2.24) is 40.8 Å². The predicted octanol–water partition coefficient (Wildman–Crippen LogP) is -0.678. The van der Waals surface area contributed by atoms with Crippen molar-refractivity contribution in [3.05, 3.63) is 48.4 Å². The zero-order valence-electron chi connectivity index (χ0n) is 22.2. The molecule has 4 heterocycles. The standard InChI is InChI=1S/C24H25N11O6S2/c25-8-6-14(43-23-30-33-34-31-23)24(22(39)40)10-35-20(38)17(21(35)42-11-24)29-19(37)16(32-41-13-4-2-1-3-5-13)18-26-9-7-15(28-18)27-12-36/h1-5,7,9,12,14,17,21H,6,8,10-11,25H2,(H,29,37)(H,39,40)(H,26,27,28,36)(H,30,31,33,34)/t14?,17?,21-,24?/m1/s1. The smallest absolute Gasteiger partial charge is 0.313 e. The van der Waals surface area contributed by atoms with Crippen LogP contribution in [0.5, 0.6) is 5.75 Å². The molecule has 4 atom stereocenters. The molecule has 3 amide bonds. The zero-order chi connectivity index (χ0) is 30.4. The van der Waals surface area contributed by atoms with E-state index in [1.165, 1.54) is 28.9 Å². The van der Waals surface area contributed by atoms with Gasteiger partial charge in [0, 0.05) is 23.7 Å². The first-order valence-electron chi connectivity index (χ1n) is 12.8. The number of nitrogens with two attached hydrogens (primary N) is 1. The van der Waals surface area contributed by atoms with Crippen molar-refractivity contribution in [1.29, 1.82) is 0 Å². The number of hydrogen-bond acceptors (Lipinski definition) is 14. The Hall–Kier alpha value is -4.62. The molecule has 2 aliphatic heterocycles. The Morgan fingerprint density at radius 2 is 2.16 bits per heavy atom. The van der Waals surface area contributed by atoms with Crippen molar-refractivity contribution < 1.29 is 29.1 Å². The van der Waals surface area contributed by atoms with Crippen LogP contribution in [0.4, 0.5) is 5.82 Å². The fourth-order valence-corrected chi connectivity index (χ4v) is 7.49. The maximum atomic E-state index is 13.5. The highest BCUT2D eigenvalue weighted by Gasteiger charge is 2.60. The fraction of sp³-hybridized carbons (Fsp3) is 0.333. The van der Waals surface area contributed by atoms with Crippen LogP contribution < -0.4 is 21.2 Å². The molecular weight excluding hydrogens is 602 g/mol. The Balaban J connectivity index is 1.34. The average Bonchev–Trinajstić information content (AvgIpc) is 3.53. The second-order valence-electron chi connectivity index (χ2n) is 9.34. The van der Waals surface area contributed by atoms with E-state index in [1.807, 2.05) is 0 Å². The number of oxime groups is 1. The van der Waals surface area contributed by atoms with Crippen molar-refractivity contribution in [2.75, 3.05) is 24.2 Å². The van der Waals surface area contributed by atoms with Crippen molar-refractivity contribution in [3.63, 3.8) is 0 Å². The number of nitrogens with one attached hydrogen (secondary N) is 3. The van der Waals surface area contributed by atoms with E-state index >= 15 is 0 Å². The number of anilines is 1. The lowest BCUT2D eigenvalue weighted by Gasteiger charge is -2.55. The van der Waals surface area contributed by atoms with Gasteiger partial charge in [0.2, 0.25) is 23.2 Å². The summed E-state index contributed by atoms with van der Waals surface area (Å²) in [5.41, 5.74) is 4.12. The number of tetrazole rings is 1. The first kappa shape index (κ1) is 29.9. The number of benzene rings is 1. The number of nitrogens with zero attached hydrogens (tertiary/aromatic N) is 7. The summed E-state index contributed by atoms with van der Waals surface area (Å²) in [5.74, 6) is -1.91. The second kappa shape index (κ2) is 13.1. The molecule has 5 rings (SSSR count). The summed E-state index contributed by atoms with van der Waals surface area (Å²) in [5, 5.41) is 32.1. The maximum Gasteiger partial charge on any atom is 0.313 e. The van der Waals surface area contributed by atoms with E-state index in [1.54, 1.807) is 30.3 Å². The molecule has 2 aliphatic rings. The largest absolute Gasteiger partial charge is 0.481 e. The number of carbonyl (C=O) groups excluding carboxylic acids is 3. The van der Waals surface area contributed by atoms with Gasteiger partial charge in [0.25, 0.3) is 5.91 Å². The van der Waals surface area contributed by atoms with Crippen LogP contribution in [0.25, 0.3) is 0 Å². The van der Waals surface area contributed by atoms with Crippen LogP contribution in [-0.2, 0) is 19.2 Å². The Morgan fingerprint density at radius 1 is 1.35 bits per heavy atom. The molecule has 224 valence electrons. The van der Waals surface area contributed by atoms with E-state index < -0.39 is 39.9 Å². The molecule has 0 radical (unpaired) electrons. The fourth-order valence-electron chi connectivity index (χ4n) is 4.58. The SMILES string of the molecule is NCCC(Sc1nnn[nH]1)C1(C(=O)O)CS[C@@H]2C(NC(=O)C(=NOc3ccccc3)c3nccc(NC=O)n3)C(=O)N2C1. The number of rotatable bonds is 13. The number of carboxylic acids is 1. The maximum absolute atomic E-state index is 13.5. The van der Waals surface area contributed by atoms with Gasteiger partial charge >= 0.3 is 5.97 Å². The van der Waals surface area contributed by atoms with Gasteiger partial charge in [0.15, 0.2) is 11.6 Å². The topological polar surface area (TPSA) is 244 Å². The third-order valence-corrected chi connectivity index (χ3v) is 9.64. The number of β-lactam (4-membered cyclic amide) rings is 1. The van der Waals surface area contributed by atoms with Gasteiger partial charge in [-0.25, -0.2) is 15.1 Å². The van der Waals surface area contributed by atoms with E-state index in [9.17, 15) is 24.3 Å². The Labute approximate surface area is 251 Å². The molecule has 2 aromatic heterocycles. The molecule has 3 aromatic rings. The normalized spacial score (nSPS) is 22.1. The molecule has 6 N–H and O–H groups in total. The van der Waals surface area contributed by atoms with E-state index in [-0.39, 0.29) is 36.2 Å². The number of carboxylic acid groups (broad SMARTS) is 1. The van der Waals surface area contributed by atoms with E-state index in [2.05, 4.69) is 46.4 Å². The third-order valence-electron chi connectivity index (χ3n) is 6.72. The number of aliphatic carboxylic acids is 1. The number of amides is 3. The van der Waals surface area contributed by atoms with Crippen molar-refractivity contribution in [2.24, 2.45) is 16.3 Å². The number of fused-ring (bicyclic) bond motifs is 1. The van der Waals surface area contributed by atoms with Crippen molar-refractivity contribution in [3.8, 4) is 5.75 Å². The molecule has 43 heavy (non-hydrogen) atoms. The zero-order valence-corrected chi connectivity index (χ0v) is 23.8. The number of thioether (sulfide) groups is 2.